The molecule has 1 aromatic rings. The Bertz CT molecular complexity index is 584. The minimum atomic E-state index is 0.547. The van der Waals surface area contributed by atoms with Crippen molar-refractivity contribution in [3.8, 4) is 6.07 Å². The summed E-state index contributed by atoms with van der Waals surface area (Å²) in [5.74, 6) is 0.547. The van der Waals surface area contributed by atoms with Gasteiger partial charge in [0.2, 0.25) is 0 Å². The van der Waals surface area contributed by atoms with Gasteiger partial charge in [0, 0.05) is 36.1 Å². The summed E-state index contributed by atoms with van der Waals surface area (Å²) in [6, 6.07) is 9.98. The van der Waals surface area contributed by atoms with Crippen molar-refractivity contribution in [3.63, 3.8) is 0 Å². The van der Waals surface area contributed by atoms with E-state index in [-0.39, 0.29) is 0 Å². The number of benzene rings is 1. The van der Waals surface area contributed by atoms with Crippen molar-refractivity contribution in [1.82, 2.24) is 0 Å². The fourth-order valence-corrected chi connectivity index (χ4v) is 2.89. The van der Waals surface area contributed by atoms with Crippen molar-refractivity contribution in [1.29, 1.82) is 5.26 Å². The quantitative estimate of drug-likeness (QED) is 0.891. The number of nitrogens with zero attached hydrogens (tertiary/aromatic N) is 3. The smallest absolute Gasteiger partial charge is 0.0991 e. The number of hydrogen-bond acceptors (Lipinski definition) is 4. The molecular weight excluding hydrogens is 248 g/mol. The summed E-state index contributed by atoms with van der Waals surface area (Å²) < 4.78 is 0. The van der Waals surface area contributed by atoms with Gasteiger partial charge in [0.1, 0.15) is 0 Å². The Kier molecular flexibility index (Phi) is 3.42. The molecule has 2 heterocycles. The maximum Gasteiger partial charge on any atom is 0.0991 e. The first-order valence-electron chi connectivity index (χ1n) is 7.02. The van der Waals surface area contributed by atoms with Gasteiger partial charge in [0.05, 0.1) is 18.2 Å². The van der Waals surface area contributed by atoms with Crippen molar-refractivity contribution in [2.75, 3.05) is 24.5 Å². The van der Waals surface area contributed by atoms with Gasteiger partial charge >= 0.3 is 0 Å². The second-order valence-electron chi connectivity index (χ2n) is 5.38. The number of rotatable bonds is 2. The largest absolute Gasteiger partial charge is 0.400 e. The molecule has 0 saturated carbocycles. The van der Waals surface area contributed by atoms with E-state index < -0.39 is 0 Å². The Morgan fingerprint density at radius 2 is 1.90 bits per heavy atom. The standard InChI is InChI=1S/C16H18N4/c17-10-12-1-3-15(4-2-12)20-7-5-13(6-8-20)16-9-14(18)11-19-16/h1-4,9,13H,5-8,11,18H2. The molecule has 2 N–H and O–H groups in total. The predicted molar refractivity (Wildman–Crippen MR) is 80.7 cm³/mol. The van der Waals surface area contributed by atoms with Gasteiger partial charge in [-0.1, -0.05) is 0 Å². The van der Waals surface area contributed by atoms with Crippen LogP contribution in [0, 0.1) is 17.2 Å². The second-order valence-corrected chi connectivity index (χ2v) is 5.38. The molecule has 102 valence electrons. The minimum absolute atomic E-state index is 0.547. The Hall–Kier alpha value is -2.28. The van der Waals surface area contributed by atoms with Gasteiger partial charge in [-0.05, 0) is 43.2 Å². The van der Waals surface area contributed by atoms with Crippen molar-refractivity contribution >= 4 is 11.4 Å². The molecule has 20 heavy (non-hydrogen) atoms. The molecule has 0 aliphatic carbocycles. The van der Waals surface area contributed by atoms with Crippen LogP contribution in [-0.2, 0) is 0 Å². The van der Waals surface area contributed by atoms with Crippen LogP contribution in [0.15, 0.2) is 41.0 Å². The zero-order chi connectivity index (χ0) is 13.9. The third-order valence-electron chi connectivity index (χ3n) is 4.05. The van der Waals surface area contributed by atoms with Gasteiger partial charge in [-0.25, -0.2) is 0 Å². The number of nitriles is 1. The maximum atomic E-state index is 8.82. The van der Waals surface area contributed by atoms with Gasteiger partial charge in [-0.3, -0.25) is 4.99 Å². The van der Waals surface area contributed by atoms with Crippen molar-refractivity contribution in [3.05, 3.63) is 41.6 Å². The van der Waals surface area contributed by atoms with E-state index in [2.05, 4.69) is 16.0 Å². The third kappa shape index (κ3) is 2.53. The van der Waals surface area contributed by atoms with Crippen LogP contribution >= 0.6 is 0 Å². The lowest BCUT2D eigenvalue weighted by Gasteiger charge is -2.33. The molecule has 4 nitrogen and oxygen atoms in total. The molecule has 0 bridgehead atoms. The van der Waals surface area contributed by atoms with Crippen LogP contribution in [0.25, 0.3) is 0 Å². The van der Waals surface area contributed by atoms with E-state index in [9.17, 15) is 0 Å². The van der Waals surface area contributed by atoms with Crippen molar-refractivity contribution in [2.24, 2.45) is 16.6 Å². The van der Waals surface area contributed by atoms with E-state index in [0.29, 0.717) is 18.0 Å². The SMILES string of the molecule is N#Cc1ccc(N2CCC(C3=NCC(N)=C3)CC2)cc1. The molecular formula is C16H18N4. The summed E-state index contributed by atoms with van der Waals surface area (Å²) in [5, 5.41) is 8.82. The molecule has 3 rings (SSSR count). The molecule has 1 fully saturated rings. The van der Waals surface area contributed by atoms with E-state index in [0.717, 1.165) is 31.6 Å². The lowest BCUT2D eigenvalue weighted by atomic mass is 9.91. The first-order valence-corrected chi connectivity index (χ1v) is 7.02. The Labute approximate surface area is 119 Å². The van der Waals surface area contributed by atoms with Gasteiger partial charge in [0.25, 0.3) is 0 Å². The van der Waals surface area contributed by atoms with E-state index >= 15 is 0 Å². The third-order valence-corrected chi connectivity index (χ3v) is 4.05. The highest BCUT2D eigenvalue weighted by Gasteiger charge is 2.24. The molecule has 4 heteroatoms. The topological polar surface area (TPSA) is 65.4 Å². The fraction of sp³-hybridized carbons (Fsp3) is 0.375. The van der Waals surface area contributed by atoms with E-state index in [4.69, 9.17) is 11.0 Å². The van der Waals surface area contributed by atoms with Crippen molar-refractivity contribution in [2.45, 2.75) is 12.8 Å². The molecule has 0 aromatic heterocycles. The van der Waals surface area contributed by atoms with E-state index in [1.807, 2.05) is 30.3 Å². The lowest BCUT2D eigenvalue weighted by Crippen LogP contribution is -2.35. The molecule has 2 aliphatic rings. The second kappa shape index (κ2) is 5.38. The summed E-state index contributed by atoms with van der Waals surface area (Å²) in [4.78, 5) is 6.88. The van der Waals surface area contributed by atoms with Crippen LogP contribution in [0.1, 0.15) is 18.4 Å². The molecule has 0 spiro atoms. The van der Waals surface area contributed by atoms with Gasteiger partial charge < -0.3 is 10.6 Å². The molecule has 0 amide bonds. The Balaban J connectivity index is 1.62. The molecule has 0 unspecified atom stereocenters. The average Bonchev–Trinajstić information content (AvgIpc) is 2.94. The predicted octanol–water partition coefficient (Wildman–Crippen LogP) is 2.07. The van der Waals surface area contributed by atoms with Gasteiger partial charge in [0.15, 0.2) is 0 Å². The number of anilines is 1. The number of aliphatic imine (C=N–C) groups is 1. The number of allylic oxidation sites excluding steroid dienone is 1. The van der Waals surface area contributed by atoms with Crippen LogP contribution < -0.4 is 10.6 Å². The van der Waals surface area contributed by atoms with Crippen LogP contribution in [-0.4, -0.2) is 25.3 Å². The molecule has 2 aliphatic heterocycles. The van der Waals surface area contributed by atoms with Crippen LogP contribution in [0.2, 0.25) is 0 Å². The van der Waals surface area contributed by atoms with Crippen LogP contribution in [0.5, 0.6) is 0 Å². The zero-order valence-electron chi connectivity index (χ0n) is 11.4. The lowest BCUT2D eigenvalue weighted by molar-refractivity contribution is 0.503. The first-order chi connectivity index (χ1) is 9.76. The fourth-order valence-electron chi connectivity index (χ4n) is 2.89. The number of hydrogen-bond donors (Lipinski definition) is 1. The monoisotopic (exact) mass is 266 g/mol. The van der Waals surface area contributed by atoms with E-state index in [1.54, 1.807) is 0 Å². The molecule has 1 aromatic carbocycles. The highest BCUT2D eigenvalue weighted by atomic mass is 15.1. The first kappa shape index (κ1) is 12.7. The summed E-state index contributed by atoms with van der Waals surface area (Å²) in [5.41, 5.74) is 9.77. The highest BCUT2D eigenvalue weighted by Crippen LogP contribution is 2.26. The summed E-state index contributed by atoms with van der Waals surface area (Å²) in [6.07, 6.45) is 4.27. The Morgan fingerprint density at radius 3 is 2.45 bits per heavy atom. The normalized spacial score (nSPS) is 19.4. The average molecular weight is 266 g/mol. The Morgan fingerprint density at radius 1 is 1.20 bits per heavy atom. The number of nitrogens with two attached hydrogens (primary N) is 1. The number of piperidine rings is 1. The highest BCUT2D eigenvalue weighted by molar-refractivity contribution is 5.99. The summed E-state index contributed by atoms with van der Waals surface area (Å²) in [7, 11) is 0. The molecule has 1 saturated heterocycles. The van der Waals surface area contributed by atoms with Crippen molar-refractivity contribution < 1.29 is 0 Å². The summed E-state index contributed by atoms with van der Waals surface area (Å²) >= 11 is 0. The maximum absolute atomic E-state index is 8.82. The van der Waals surface area contributed by atoms with Crippen LogP contribution in [0.4, 0.5) is 5.69 Å². The van der Waals surface area contributed by atoms with E-state index in [1.165, 1.54) is 11.4 Å². The zero-order valence-corrected chi connectivity index (χ0v) is 11.4. The summed E-state index contributed by atoms with van der Waals surface area (Å²) in [6.45, 7) is 2.73. The molecule has 0 radical (unpaired) electrons. The molecule has 0 atom stereocenters. The van der Waals surface area contributed by atoms with Gasteiger partial charge in [-0.15, -0.1) is 0 Å². The van der Waals surface area contributed by atoms with Crippen LogP contribution in [0.3, 0.4) is 0 Å². The van der Waals surface area contributed by atoms with Gasteiger partial charge in [-0.2, -0.15) is 5.26 Å². The minimum Gasteiger partial charge on any atom is -0.400 e.